The number of alkyl halides is 6. The normalized spacial score (nSPS) is 18.4. The molecule has 1 aliphatic heterocycles. The molecule has 0 aliphatic carbocycles. The van der Waals surface area contributed by atoms with Crippen molar-refractivity contribution in [2.45, 2.75) is 18.4 Å². The van der Waals surface area contributed by atoms with Crippen molar-refractivity contribution < 1.29 is 30.7 Å². The van der Waals surface area contributed by atoms with Crippen molar-refractivity contribution in [2.24, 2.45) is 0 Å². The van der Waals surface area contributed by atoms with E-state index in [1.807, 2.05) is 0 Å². The van der Waals surface area contributed by atoms with E-state index in [2.05, 4.69) is 5.32 Å². The van der Waals surface area contributed by atoms with Crippen molar-refractivity contribution in [1.29, 1.82) is 0 Å². The summed E-state index contributed by atoms with van der Waals surface area (Å²) in [7, 11) is 0. The van der Waals surface area contributed by atoms with Crippen LogP contribution in [0.3, 0.4) is 0 Å². The maximum absolute atomic E-state index is 13.9. The standard InChI is InChI=1S/C13H13F7N2.ClH/c14-10-7-8(12(15,16)17)1-2-9(10)11(13(18,19)20)22-5-3-21-4-6-22;/h1-2,7,11,21H,3-6H2;1H/t11-;/m0./s1. The molecule has 23 heavy (non-hydrogen) atoms. The van der Waals surface area contributed by atoms with Gasteiger partial charge in [0.05, 0.1) is 5.56 Å². The van der Waals surface area contributed by atoms with E-state index < -0.39 is 35.3 Å². The number of piperazine rings is 1. The van der Waals surface area contributed by atoms with E-state index in [4.69, 9.17) is 0 Å². The highest BCUT2D eigenvalue weighted by molar-refractivity contribution is 5.85. The van der Waals surface area contributed by atoms with E-state index in [1.165, 1.54) is 0 Å². The van der Waals surface area contributed by atoms with Gasteiger partial charge in [-0.2, -0.15) is 26.3 Å². The quantitative estimate of drug-likeness (QED) is 0.802. The van der Waals surface area contributed by atoms with E-state index in [0.717, 1.165) is 4.90 Å². The average Bonchev–Trinajstić information content (AvgIpc) is 2.39. The lowest BCUT2D eigenvalue weighted by molar-refractivity contribution is -0.188. The first kappa shape index (κ1) is 20.0. The third-order valence-electron chi connectivity index (χ3n) is 3.45. The molecule has 2 rings (SSSR count). The van der Waals surface area contributed by atoms with Gasteiger partial charge in [-0.3, -0.25) is 4.90 Å². The van der Waals surface area contributed by atoms with Gasteiger partial charge in [0, 0.05) is 31.7 Å². The van der Waals surface area contributed by atoms with Gasteiger partial charge in [0.2, 0.25) is 0 Å². The molecule has 0 spiro atoms. The molecule has 1 aromatic carbocycles. The predicted molar refractivity (Wildman–Crippen MR) is 71.9 cm³/mol. The zero-order chi connectivity index (χ0) is 16.5. The first-order valence-electron chi connectivity index (χ1n) is 6.49. The molecule has 1 heterocycles. The number of benzene rings is 1. The molecular weight excluding hydrogens is 353 g/mol. The van der Waals surface area contributed by atoms with E-state index in [0.29, 0.717) is 25.2 Å². The number of hydrogen-bond donors (Lipinski definition) is 1. The van der Waals surface area contributed by atoms with Crippen LogP contribution in [-0.4, -0.2) is 37.3 Å². The van der Waals surface area contributed by atoms with Crippen LogP contribution in [0.25, 0.3) is 0 Å². The number of hydrogen-bond acceptors (Lipinski definition) is 2. The summed E-state index contributed by atoms with van der Waals surface area (Å²) in [6.07, 6.45) is -9.58. The zero-order valence-electron chi connectivity index (χ0n) is 11.6. The molecule has 0 saturated carbocycles. The maximum atomic E-state index is 13.9. The van der Waals surface area contributed by atoms with Gasteiger partial charge in [0.25, 0.3) is 0 Å². The van der Waals surface area contributed by atoms with Crippen molar-refractivity contribution in [1.82, 2.24) is 10.2 Å². The fraction of sp³-hybridized carbons (Fsp3) is 0.538. The van der Waals surface area contributed by atoms with E-state index in [-0.39, 0.29) is 31.6 Å². The summed E-state index contributed by atoms with van der Waals surface area (Å²) in [6, 6.07) is -1.11. The second kappa shape index (κ2) is 7.23. The monoisotopic (exact) mass is 366 g/mol. The van der Waals surface area contributed by atoms with Crippen LogP contribution < -0.4 is 5.32 Å². The summed E-state index contributed by atoms with van der Waals surface area (Å²) < 4.78 is 91.1. The van der Waals surface area contributed by atoms with Crippen LogP contribution in [0.1, 0.15) is 17.2 Å². The molecule has 0 bridgehead atoms. The molecule has 1 fully saturated rings. The Morgan fingerprint density at radius 3 is 2.00 bits per heavy atom. The van der Waals surface area contributed by atoms with Gasteiger partial charge in [0.1, 0.15) is 11.9 Å². The van der Waals surface area contributed by atoms with Crippen LogP contribution in [0.2, 0.25) is 0 Å². The van der Waals surface area contributed by atoms with Crippen LogP contribution >= 0.6 is 12.4 Å². The van der Waals surface area contributed by atoms with Gasteiger partial charge in [0.15, 0.2) is 0 Å². The third kappa shape index (κ3) is 4.71. The lowest BCUT2D eigenvalue weighted by atomic mass is 10.0. The molecule has 1 atom stereocenters. The van der Waals surface area contributed by atoms with Crippen LogP contribution in [0.15, 0.2) is 18.2 Å². The van der Waals surface area contributed by atoms with Gasteiger partial charge in [-0.25, -0.2) is 4.39 Å². The lowest BCUT2D eigenvalue weighted by Crippen LogP contribution is -2.49. The molecule has 1 saturated heterocycles. The summed E-state index contributed by atoms with van der Waals surface area (Å²) in [6.45, 7) is 0.666. The highest BCUT2D eigenvalue weighted by Crippen LogP contribution is 2.40. The summed E-state index contributed by atoms with van der Waals surface area (Å²) in [5.74, 6) is -1.50. The molecule has 0 unspecified atom stereocenters. The number of nitrogens with zero attached hydrogens (tertiary/aromatic N) is 1. The molecular formula is C13H14ClF7N2. The highest BCUT2D eigenvalue weighted by Gasteiger charge is 2.46. The minimum absolute atomic E-state index is 0. The van der Waals surface area contributed by atoms with Gasteiger partial charge in [-0.1, -0.05) is 6.07 Å². The number of nitrogens with one attached hydrogen (secondary N) is 1. The first-order chi connectivity index (χ1) is 10.1. The van der Waals surface area contributed by atoms with Crippen molar-refractivity contribution in [3.63, 3.8) is 0 Å². The Morgan fingerprint density at radius 2 is 1.57 bits per heavy atom. The Kier molecular flexibility index (Phi) is 6.28. The largest absolute Gasteiger partial charge is 0.416 e. The summed E-state index contributed by atoms with van der Waals surface area (Å²) in [5, 5.41) is 2.86. The molecule has 10 heteroatoms. The molecule has 1 aromatic rings. The van der Waals surface area contributed by atoms with Gasteiger partial charge < -0.3 is 5.32 Å². The second-order valence-corrected chi connectivity index (χ2v) is 4.96. The summed E-state index contributed by atoms with van der Waals surface area (Å²) in [5.41, 5.74) is -2.10. The molecule has 0 amide bonds. The number of halogens is 8. The topological polar surface area (TPSA) is 15.3 Å². The fourth-order valence-electron chi connectivity index (χ4n) is 2.45. The van der Waals surface area contributed by atoms with E-state index in [1.54, 1.807) is 0 Å². The van der Waals surface area contributed by atoms with Gasteiger partial charge in [-0.05, 0) is 12.1 Å². The minimum Gasteiger partial charge on any atom is -0.314 e. The number of rotatable bonds is 2. The van der Waals surface area contributed by atoms with Crippen molar-refractivity contribution >= 4 is 12.4 Å². The highest BCUT2D eigenvalue weighted by atomic mass is 35.5. The smallest absolute Gasteiger partial charge is 0.314 e. The lowest BCUT2D eigenvalue weighted by Gasteiger charge is -2.36. The average molecular weight is 367 g/mol. The summed E-state index contributed by atoms with van der Waals surface area (Å²) in [4.78, 5) is 1.02. The predicted octanol–water partition coefficient (Wildman–Crippen LogP) is 3.77. The Morgan fingerprint density at radius 1 is 1.00 bits per heavy atom. The third-order valence-corrected chi connectivity index (χ3v) is 3.45. The molecule has 0 aromatic heterocycles. The Bertz CT molecular complexity index is 524. The van der Waals surface area contributed by atoms with Crippen molar-refractivity contribution in [3.05, 3.63) is 35.1 Å². The van der Waals surface area contributed by atoms with Crippen molar-refractivity contribution in [3.8, 4) is 0 Å². The second-order valence-electron chi connectivity index (χ2n) is 4.96. The van der Waals surface area contributed by atoms with Crippen LogP contribution in [0, 0.1) is 5.82 Å². The Labute approximate surface area is 134 Å². The Balaban J connectivity index is 0.00000264. The van der Waals surface area contributed by atoms with E-state index >= 15 is 0 Å². The minimum atomic E-state index is -4.80. The molecule has 132 valence electrons. The SMILES string of the molecule is Cl.Fc1cc(C(F)(F)F)ccc1[C@H](N1CCNCC1)C(F)(F)F. The molecule has 1 aliphatic rings. The van der Waals surface area contributed by atoms with Crippen LogP contribution in [0.5, 0.6) is 0 Å². The fourth-order valence-corrected chi connectivity index (χ4v) is 2.45. The molecule has 1 N–H and O–H groups in total. The van der Waals surface area contributed by atoms with Gasteiger partial charge in [-0.15, -0.1) is 12.4 Å². The van der Waals surface area contributed by atoms with Crippen molar-refractivity contribution in [2.75, 3.05) is 26.2 Å². The Hall–Kier alpha value is -1.06. The molecule has 0 radical (unpaired) electrons. The van der Waals surface area contributed by atoms with Crippen LogP contribution in [0.4, 0.5) is 30.7 Å². The zero-order valence-corrected chi connectivity index (χ0v) is 12.5. The van der Waals surface area contributed by atoms with Crippen LogP contribution in [-0.2, 0) is 6.18 Å². The van der Waals surface area contributed by atoms with E-state index in [9.17, 15) is 30.7 Å². The van der Waals surface area contributed by atoms with Gasteiger partial charge >= 0.3 is 12.4 Å². The first-order valence-corrected chi connectivity index (χ1v) is 6.49. The summed E-state index contributed by atoms with van der Waals surface area (Å²) >= 11 is 0. The maximum Gasteiger partial charge on any atom is 0.416 e. The molecule has 2 nitrogen and oxygen atoms in total.